The third kappa shape index (κ3) is 4.23. The Hall–Kier alpha value is -2.89. The summed E-state index contributed by atoms with van der Waals surface area (Å²) in [6, 6.07) is 17.5. The van der Waals surface area contributed by atoms with E-state index in [1.165, 1.54) is 47.3 Å². The SMILES string of the molecule is OC(O)c1ccncc1NC[C@@H]1CCCc2cc(N3CCCCc4ccccc43)ccc21. The van der Waals surface area contributed by atoms with Gasteiger partial charge < -0.3 is 20.4 Å². The lowest BCUT2D eigenvalue weighted by atomic mass is 9.82. The Bertz CT molecular complexity index is 1080. The van der Waals surface area contributed by atoms with Crippen molar-refractivity contribution in [1.82, 2.24) is 4.98 Å². The van der Waals surface area contributed by atoms with Gasteiger partial charge in [-0.1, -0.05) is 24.3 Å². The number of anilines is 3. The van der Waals surface area contributed by atoms with Crippen LogP contribution in [0.2, 0.25) is 0 Å². The molecule has 1 aromatic heterocycles. The van der Waals surface area contributed by atoms with Gasteiger partial charge in [0.1, 0.15) is 0 Å². The molecule has 3 N–H and O–H groups in total. The Balaban J connectivity index is 1.38. The first kappa shape index (κ1) is 21.0. The molecule has 5 rings (SSSR count). The molecular weight excluding hydrogens is 398 g/mol. The highest BCUT2D eigenvalue weighted by Crippen LogP contribution is 2.38. The number of aromatic nitrogens is 1. The smallest absolute Gasteiger partial charge is 0.180 e. The fourth-order valence-electron chi connectivity index (χ4n) is 5.25. The van der Waals surface area contributed by atoms with Crippen molar-refractivity contribution >= 4 is 17.1 Å². The van der Waals surface area contributed by atoms with Gasteiger partial charge in [0.25, 0.3) is 0 Å². The molecule has 1 atom stereocenters. The molecule has 5 nitrogen and oxygen atoms in total. The van der Waals surface area contributed by atoms with Crippen LogP contribution < -0.4 is 10.2 Å². The van der Waals surface area contributed by atoms with Gasteiger partial charge in [-0.2, -0.15) is 0 Å². The van der Waals surface area contributed by atoms with E-state index in [1.807, 2.05) is 0 Å². The number of pyridine rings is 1. The van der Waals surface area contributed by atoms with Crippen LogP contribution >= 0.6 is 0 Å². The molecule has 1 aliphatic heterocycles. The number of nitrogens with zero attached hydrogens (tertiary/aromatic N) is 2. The molecule has 0 amide bonds. The number of rotatable bonds is 5. The maximum atomic E-state index is 9.63. The standard InChI is InChI=1S/C27H31N3O2/c31-27(32)24-13-14-28-18-25(24)29-17-21-9-5-8-20-16-22(11-12-23(20)21)30-15-4-3-7-19-6-1-2-10-26(19)30/h1-2,6,10-14,16,18,21,27,29,31-32H,3-5,7-9,15,17H2/t21-/m0/s1. The number of hydrogen-bond acceptors (Lipinski definition) is 5. The minimum atomic E-state index is -1.50. The monoisotopic (exact) mass is 429 g/mol. The zero-order valence-electron chi connectivity index (χ0n) is 18.4. The lowest BCUT2D eigenvalue weighted by Gasteiger charge is -2.30. The van der Waals surface area contributed by atoms with Crippen molar-refractivity contribution in [3.63, 3.8) is 0 Å². The fourth-order valence-corrected chi connectivity index (χ4v) is 5.25. The van der Waals surface area contributed by atoms with Crippen molar-refractivity contribution in [3.8, 4) is 0 Å². The molecule has 0 unspecified atom stereocenters. The zero-order chi connectivity index (χ0) is 21.9. The Morgan fingerprint density at radius 1 is 1.00 bits per heavy atom. The Morgan fingerprint density at radius 2 is 1.88 bits per heavy atom. The largest absolute Gasteiger partial charge is 0.383 e. The van der Waals surface area contributed by atoms with Crippen molar-refractivity contribution in [2.24, 2.45) is 0 Å². The molecule has 2 aliphatic rings. The highest BCUT2D eigenvalue weighted by atomic mass is 16.5. The molecule has 3 aromatic rings. The van der Waals surface area contributed by atoms with Gasteiger partial charge >= 0.3 is 0 Å². The first-order chi connectivity index (χ1) is 15.7. The van der Waals surface area contributed by atoms with E-state index in [-0.39, 0.29) is 0 Å². The molecule has 5 heteroatoms. The Kier molecular flexibility index (Phi) is 6.10. The topological polar surface area (TPSA) is 68.6 Å². The molecular formula is C27H31N3O2. The van der Waals surface area contributed by atoms with Gasteiger partial charge in [0.05, 0.1) is 11.9 Å². The molecule has 1 aliphatic carbocycles. The van der Waals surface area contributed by atoms with Gasteiger partial charge in [-0.3, -0.25) is 4.98 Å². The van der Waals surface area contributed by atoms with Crippen LogP contribution in [-0.2, 0) is 12.8 Å². The lowest BCUT2D eigenvalue weighted by Crippen LogP contribution is -2.21. The van der Waals surface area contributed by atoms with Crippen LogP contribution in [0.1, 0.15) is 60.1 Å². The van der Waals surface area contributed by atoms with Crippen LogP contribution in [0.25, 0.3) is 0 Å². The molecule has 2 aromatic carbocycles. The summed E-state index contributed by atoms with van der Waals surface area (Å²) in [6.45, 7) is 1.82. The van der Waals surface area contributed by atoms with E-state index in [0.29, 0.717) is 17.2 Å². The van der Waals surface area contributed by atoms with E-state index in [9.17, 15) is 10.2 Å². The maximum absolute atomic E-state index is 9.63. The van der Waals surface area contributed by atoms with E-state index in [2.05, 4.69) is 57.7 Å². The summed E-state index contributed by atoms with van der Waals surface area (Å²) in [5.41, 5.74) is 8.10. The summed E-state index contributed by atoms with van der Waals surface area (Å²) in [5, 5.41) is 22.7. The first-order valence-corrected chi connectivity index (χ1v) is 11.7. The molecule has 32 heavy (non-hydrogen) atoms. The minimum absolute atomic E-state index is 0.396. The van der Waals surface area contributed by atoms with Crippen molar-refractivity contribution in [3.05, 3.63) is 83.2 Å². The average Bonchev–Trinajstić information content (AvgIpc) is 3.05. The number of nitrogens with one attached hydrogen (secondary N) is 1. The number of benzene rings is 2. The second-order valence-corrected chi connectivity index (χ2v) is 8.93. The van der Waals surface area contributed by atoms with Crippen LogP contribution in [-0.4, -0.2) is 28.3 Å². The van der Waals surface area contributed by atoms with E-state index >= 15 is 0 Å². The summed E-state index contributed by atoms with van der Waals surface area (Å²) in [4.78, 5) is 6.63. The number of aryl methyl sites for hydroxylation is 2. The zero-order valence-corrected chi connectivity index (χ0v) is 18.4. The Labute approximate surface area is 189 Å². The van der Waals surface area contributed by atoms with Gasteiger partial charge in [-0.25, -0.2) is 0 Å². The van der Waals surface area contributed by atoms with Gasteiger partial charge in [-0.05, 0) is 79.5 Å². The molecule has 0 radical (unpaired) electrons. The van der Waals surface area contributed by atoms with Crippen molar-refractivity contribution in [2.45, 2.75) is 50.7 Å². The minimum Gasteiger partial charge on any atom is -0.383 e. The third-order valence-corrected chi connectivity index (χ3v) is 6.91. The predicted octanol–water partition coefficient (Wildman–Crippen LogP) is 5.07. The number of para-hydroxylation sites is 1. The van der Waals surface area contributed by atoms with Crippen molar-refractivity contribution in [1.29, 1.82) is 0 Å². The predicted molar refractivity (Wildman–Crippen MR) is 128 cm³/mol. The molecule has 2 heterocycles. The first-order valence-electron chi connectivity index (χ1n) is 11.7. The van der Waals surface area contributed by atoms with Gasteiger partial charge in [-0.15, -0.1) is 0 Å². The van der Waals surface area contributed by atoms with E-state index in [1.54, 1.807) is 18.5 Å². The van der Waals surface area contributed by atoms with Crippen LogP contribution in [0.3, 0.4) is 0 Å². The molecule has 166 valence electrons. The molecule has 0 saturated carbocycles. The number of hydrogen-bond donors (Lipinski definition) is 3. The fraction of sp³-hybridized carbons (Fsp3) is 0.370. The van der Waals surface area contributed by atoms with E-state index < -0.39 is 6.29 Å². The maximum Gasteiger partial charge on any atom is 0.180 e. The van der Waals surface area contributed by atoms with Crippen molar-refractivity contribution < 1.29 is 10.2 Å². The van der Waals surface area contributed by atoms with Gasteiger partial charge in [0.2, 0.25) is 0 Å². The van der Waals surface area contributed by atoms with Crippen molar-refractivity contribution in [2.75, 3.05) is 23.3 Å². The van der Waals surface area contributed by atoms with E-state index in [0.717, 1.165) is 32.4 Å². The highest BCUT2D eigenvalue weighted by molar-refractivity contribution is 5.68. The van der Waals surface area contributed by atoms with Crippen LogP contribution in [0.15, 0.2) is 60.9 Å². The van der Waals surface area contributed by atoms with Crippen LogP contribution in [0, 0.1) is 0 Å². The molecule has 0 spiro atoms. The van der Waals surface area contributed by atoms with Gasteiger partial charge in [0.15, 0.2) is 6.29 Å². The number of aliphatic hydroxyl groups is 2. The summed E-state index contributed by atoms with van der Waals surface area (Å²) in [7, 11) is 0. The van der Waals surface area contributed by atoms with E-state index in [4.69, 9.17) is 0 Å². The van der Waals surface area contributed by atoms with Crippen LogP contribution in [0.5, 0.6) is 0 Å². The normalized spacial score (nSPS) is 18.1. The van der Waals surface area contributed by atoms with Gasteiger partial charge in [0, 0.05) is 42.1 Å². The van der Waals surface area contributed by atoms with Crippen LogP contribution in [0.4, 0.5) is 17.1 Å². The molecule has 0 bridgehead atoms. The third-order valence-electron chi connectivity index (χ3n) is 6.91. The second kappa shape index (κ2) is 9.31. The second-order valence-electron chi connectivity index (χ2n) is 8.93. The quantitative estimate of drug-likeness (QED) is 0.494. The molecule has 0 saturated heterocycles. The summed E-state index contributed by atoms with van der Waals surface area (Å²) in [5.74, 6) is 0.396. The number of fused-ring (bicyclic) bond motifs is 2. The number of aliphatic hydroxyl groups excluding tert-OH is 1. The summed E-state index contributed by atoms with van der Waals surface area (Å²) >= 11 is 0. The average molecular weight is 430 g/mol. The summed E-state index contributed by atoms with van der Waals surface area (Å²) in [6.07, 6.45) is 8.76. The lowest BCUT2D eigenvalue weighted by molar-refractivity contribution is -0.0419. The molecule has 0 fully saturated rings. The Morgan fingerprint density at radius 3 is 2.78 bits per heavy atom. The highest BCUT2D eigenvalue weighted by Gasteiger charge is 2.23. The summed E-state index contributed by atoms with van der Waals surface area (Å²) < 4.78 is 0.